The lowest BCUT2D eigenvalue weighted by molar-refractivity contribution is -0.136. The van der Waals surface area contributed by atoms with Crippen LogP contribution in [0.2, 0.25) is 0 Å². The summed E-state index contributed by atoms with van der Waals surface area (Å²) in [6.07, 6.45) is -3.51. The number of nitrogen functional groups attached to an aromatic ring is 1. The first-order valence-corrected chi connectivity index (χ1v) is 6.25. The van der Waals surface area contributed by atoms with E-state index in [4.69, 9.17) is 10.5 Å². The smallest absolute Gasteiger partial charge is 0.398 e. The predicted molar refractivity (Wildman–Crippen MR) is 68.1 cm³/mol. The molecule has 3 nitrogen and oxygen atoms in total. The zero-order valence-electron chi connectivity index (χ0n) is 10.7. The van der Waals surface area contributed by atoms with E-state index in [1.807, 2.05) is 11.8 Å². The minimum atomic E-state index is -4.42. The van der Waals surface area contributed by atoms with Gasteiger partial charge in [-0.25, -0.2) is 0 Å². The third-order valence-corrected chi connectivity index (χ3v) is 3.30. The molecule has 1 heterocycles. The third kappa shape index (κ3) is 3.12. The fourth-order valence-electron chi connectivity index (χ4n) is 2.19. The van der Waals surface area contributed by atoms with Gasteiger partial charge in [-0.2, -0.15) is 13.2 Å². The maximum atomic E-state index is 12.8. The van der Waals surface area contributed by atoms with E-state index in [9.17, 15) is 13.2 Å². The molecule has 106 valence electrons. The molecule has 1 aliphatic heterocycles. The van der Waals surface area contributed by atoms with Gasteiger partial charge in [0, 0.05) is 24.5 Å². The summed E-state index contributed by atoms with van der Waals surface area (Å²) in [5, 5.41) is 0. The van der Waals surface area contributed by atoms with Crippen LogP contribution in [0, 0.1) is 0 Å². The summed E-state index contributed by atoms with van der Waals surface area (Å²) >= 11 is 0. The fourth-order valence-corrected chi connectivity index (χ4v) is 2.19. The average molecular weight is 274 g/mol. The molecule has 0 spiro atoms. The van der Waals surface area contributed by atoms with E-state index in [0.29, 0.717) is 25.4 Å². The molecule has 2 rings (SSSR count). The van der Waals surface area contributed by atoms with Crippen molar-refractivity contribution in [1.29, 1.82) is 0 Å². The Morgan fingerprint density at radius 2 is 2.16 bits per heavy atom. The number of nitrogens with zero attached hydrogens (tertiary/aromatic N) is 1. The average Bonchev–Trinajstić information content (AvgIpc) is 2.38. The molecule has 1 aromatic rings. The Balaban J connectivity index is 2.25. The Morgan fingerprint density at radius 1 is 1.42 bits per heavy atom. The van der Waals surface area contributed by atoms with Gasteiger partial charge in [0.05, 0.1) is 18.3 Å². The monoisotopic (exact) mass is 274 g/mol. The van der Waals surface area contributed by atoms with Gasteiger partial charge in [0.15, 0.2) is 0 Å². The minimum Gasteiger partial charge on any atom is -0.398 e. The zero-order valence-corrected chi connectivity index (χ0v) is 10.7. The van der Waals surface area contributed by atoms with E-state index in [1.54, 1.807) is 6.07 Å². The number of morpholine rings is 1. The van der Waals surface area contributed by atoms with Crippen molar-refractivity contribution >= 4 is 11.4 Å². The van der Waals surface area contributed by atoms with Gasteiger partial charge in [-0.15, -0.1) is 0 Å². The molecule has 1 aliphatic rings. The number of halogens is 3. The second kappa shape index (κ2) is 5.28. The highest BCUT2D eigenvalue weighted by Gasteiger charge is 2.33. The van der Waals surface area contributed by atoms with Gasteiger partial charge in [-0.3, -0.25) is 0 Å². The number of rotatable bonds is 2. The highest BCUT2D eigenvalue weighted by Crippen LogP contribution is 2.36. The van der Waals surface area contributed by atoms with Gasteiger partial charge in [-0.05, 0) is 24.6 Å². The van der Waals surface area contributed by atoms with E-state index in [1.165, 1.54) is 6.07 Å². The number of nitrogens with two attached hydrogens (primary N) is 1. The number of alkyl halides is 3. The van der Waals surface area contributed by atoms with Crippen molar-refractivity contribution in [2.45, 2.75) is 25.6 Å². The summed E-state index contributed by atoms with van der Waals surface area (Å²) < 4.78 is 44.0. The number of anilines is 2. The molecule has 0 radical (unpaired) electrons. The lowest BCUT2D eigenvalue weighted by Crippen LogP contribution is -2.42. The Morgan fingerprint density at radius 3 is 2.79 bits per heavy atom. The third-order valence-electron chi connectivity index (χ3n) is 3.30. The Hall–Kier alpha value is -1.43. The van der Waals surface area contributed by atoms with E-state index in [2.05, 4.69) is 0 Å². The molecule has 19 heavy (non-hydrogen) atoms. The van der Waals surface area contributed by atoms with Gasteiger partial charge in [0.1, 0.15) is 0 Å². The van der Waals surface area contributed by atoms with Crippen LogP contribution >= 0.6 is 0 Å². The van der Waals surface area contributed by atoms with Gasteiger partial charge in [0.2, 0.25) is 0 Å². The van der Waals surface area contributed by atoms with Crippen molar-refractivity contribution in [2.75, 3.05) is 30.3 Å². The summed E-state index contributed by atoms with van der Waals surface area (Å²) in [5.74, 6) is 0. The molecule has 1 fully saturated rings. The lowest BCUT2D eigenvalue weighted by atomic mass is 10.1. The zero-order chi connectivity index (χ0) is 14.0. The predicted octanol–water partition coefficient (Wildman–Crippen LogP) is 2.90. The number of benzene rings is 1. The van der Waals surface area contributed by atoms with Crippen LogP contribution in [0.3, 0.4) is 0 Å². The molecular formula is C13H17F3N2O. The Bertz CT molecular complexity index is 448. The van der Waals surface area contributed by atoms with Crippen molar-refractivity contribution < 1.29 is 17.9 Å². The molecular weight excluding hydrogens is 257 g/mol. The summed E-state index contributed by atoms with van der Waals surface area (Å²) in [4.78, 5) is 1.91. The molecule has 1 atom stereocenters. The Kier molecular flexibility index (Phi) is 3.89. The van der Waals surface area contributed by atoms with Crippen LogP contribution in [-0.4, -0.2) is 25.8 Å². The van der Waals surface area contributed by atoms with Crippen molar-refractivity contribution in [2.24, 2.45) is 0 Å². The lowest BCUT2D eigenvalue weighted by Gasteiger charge is -2.34. The molecule has 0 amide bonds. The van der Waals surface area contributed by atoms with Gasteiger partial charge in [-0.1, -0.05) is 6.92 Å². The maximum Gasteiger partial charge on any atom is 0.418 e. The number of ether oxygens (including phenoxy) is 1. The highest BCUT2D eigenvalue weighted by molar-refractivity contribution is 5.59. The first kappa shape index (κ1) is 14.0. The van der Waals surface area contributed by atoms with E-state index >= 15 is 0 Å². The van der Waals surface area contributed by atoms with Crippen molar-refractivity contribution in [3.8, 4) is 0 Å². The van der Waals surface area contributed by atoms with Gasteiger partial charge >= 0.3 is 6.18 Å². The SMILES string of the molecule is CCC1CN(c2ccc(N)c(C(F)(F)F)c2)CCO1. The van der Waals surface area contributed by atoms with Gasteiger partial charge in [0.25, 0.3) is 0 Å². The van der Waals surface area contributed by atoms with Crippen molar-refractivity contribution in [3.63, 3.8) is 0 Å². The van der Waals surface area contributed by atoms with Gasteiger partial charge < -0.3 is 15.4 Å². The summed E-state index contributed by atoms with van der Waals surface area (Å²) in [6.45, 7) is 3.73. The minimum absolute atomic E-state index is 0.0700. The fraction of sp³-hybridized carbons (Fsp3) is 0.538. The molecule has 1 unspecified atom stereocenters. The molecule has 0 aromatic heterocycles. The van der Waals surface area contributed by atoms with E-state index in [0.717, 1.165) is 12.5 Å². The van der Waals surface area contributed by atoms with Crippen molar-refractivity contribution in [3.05, 3.63) is 23.8 Å². The largest absolute Gasteiger partial charge is 0.418 e. The number of hydrogen-bond donors (Lipinski definition) is 1. The van der Waals surface area contributed by atoms with Crippen LogP contribution in [0.15, 0.2) is 18.2 Å². The van der Waals surface area contributed by atoms with Crippen molar-refractivity contribution in [1.82, 2.24) is 0 Å². The van der Waals surface area contributed by atoms with Crippen LogP contribution in [0.1, 0.15) is 18.9 Å². The summed E-state index contributed by atoms with van der Waals surface area (Å²) in [6, 6.07) is 4.06. The van der Waals surface area contributed by atoms with Crippen LogP contribution in [0.25, 0.3) is 0 Å². The molecule has 2 N–H and O–H groups in total. The van der Waals surface area contributed by atoms with E-state index < -0.39 is 11.7 Å². The second-order valence-corrected chi connectivity index (χ2v) is 4.62. The second-order valence-electron chi connectivity index (χ2n) is 4.62. The van der Waals surface area contributed by atoms with E-state index in [-0.39, 0.29) is 11.8 Å². The molecule has 1 saturated heterocycles. The quantitative estimate of drug-likeness (QED) is 0.843. The van der Waals surface area contributed by atoms with Crippen LogP contribution in [0.5, 0.6) is 0 Å². The molecule has 1 aromatic carbocycles. The summed E-state index contributed by atoms with van der Waals surface area (Å²) in [5.41, 5.74) is 4.93. The molecule has 0 saturated carbocycles. The molecule has 0 aliphatic carbocycles. The topological polar surface area (TPSA) is 38.5 Å². The number of hydrogen-bond acceptors (Lipinski definition) is 3. The maximum absolute atomic E-state index is 12.8. The van der Waals surface area contributed by atoms with Crippen LogP contribution in [-0.2, 0) is 10.9 Å². The molecule has 6 heteroatoms. The first-order chi connectivity index (χ1) is 8.91. The van der Waals surface area contributed by atoms with Crippen LogP contribution in [0.4, 0.5) is 24.5 Å². The highest BCUT2D eigenvalue weighted by atomic mass is 19.4. The standard InChI is InChI=1S/C13H17F3N2O/c1-2-10-8-18(5-6-19-10)9-3-4-12(17)11(7-9)13(14,15)16/h3-4,7,10H,2,5-6,8,17H2,1H3. The first-order valence-electron chi connectivity index (χ1n) is 6.25. The Labute approximate surface area is 110 Å². The normalized spacial score (nSPS) is 20.6. The summed E-state index contributed by atoms with van der Waals surface area (Å²) in [7, 11) is 0. The molecule has 0 bridgehead atoms. The van der Waals surface area contributed by atoms with Crippen LogP contribution < -0.4 is 10.6 Å².